The number of aromatic nitrogens is 4. The number of aryl methyl sites for hydroxylation is 1. The third-order valence-electron chi connectivity index (χ3n) is 5.25. The van der Waals surface area contributed by atoms with Crippen LogP contribution in [0, 0.1) is 5.92 Å². The Hall–Kier alpha value is -2.77. The van der Waals surface area contributed by atoms with Crippen molar-refractivity contribution in [3.63, 3.8) is 0 Å². The van der Waals surface area contributed by atoms with E-state index in [1.165, 1.54) is 23.6 Å². The SMILES string of the molecule is Cn1nc(N2CCCC(C(=O)NCc3cc(C4CC4)ncn3)C2)ccc1=O. The Morgan fingerprint density at radius 1 is 1.26 bits per heavy atom. The van der Waals surface area contributed by atoms with Crippen molar-refractivity contribution in [2.75, 3.05) is 18.0 Å². The van der Waals surface area contributed by atoms with E-state index in [-0.39, 0.29) is 17.4 Å². The molecule has 2 aliphatic rings. The first kappa shape index (κ1) is 17.6. The molecule has 1 saturated carbocycles. The van der Waals surface area contributed by atoms with Crippen molar-refractivity contribution in [2.24, 2.45) is 13.0 Å². The van der Waals surface area contributed by atoms with Crippen LogP contribution in [0.1, 0.15) is 43.0 Å². The highest BCUT2D eigenvalue weighted by atomic mass is 16.2. The second kappa shape index (κ2) is 7.46. The first-order chi connectivity index (χ1) is 13.1. The number of nitrogens with one attached hydrogen (secondary N) is 1. The van der Waals surface area contributed by atoms with E-state index in [0.717, 1.165) is 36.6 Å². The number of piperidine rings is 1. The lowest BCUT2D eigenvalue weighted by atomic mass is 9.97. The number of carbonyl (C=O) groups excluding carboxylic acids is 1. The van der Waals surface area contributed by atoms with E-state index in [2.05, 4.69) is 25.3 Å². The average molecular weight is 368 g/mol. The molecule has 2 fully saturated rings. The smallest absolute Gasteiger partial charge is 0.266 e. The van der Waals surface area contributed by atoms with E-state index in [0.29, 0.717) is 19.0 Å². The standard InChI is InChI=1S/C19H24N6O2/c1-24-18(26)7-6-17(23-24)25-8-2-3-14(11-25)19(27)20-10-15-9-16(13-4-5-13)22-12-21-15/h6-7,9,12-14H,2-5,8,10-11H2,1H3,(H,20,27). The molecule has 1 amide bonds. The zero-order valence-corrected chi connectivity index (χ0v) is 15.5. The van der Waals surface area contributed by atoms with Crippen molar-refractivity contribution in [3.8, 4) is 0 Å². The topological polar surface area (TPSA) is 93.0 Å². The Morgan fingerprint density at radius 2 is 2.11 bits per heavy atom. The fourth-order valence-corrected chi connectivity index (χ4v) is 3.49. The zero-order chi connectivity index (χ0) is 18.8. The predicted molar refractivity (Wildman–Crippen MR) is 100 cm³/mol. The van der Waals surface area contributed by atoms with Crippen LogP contribution in [-0.4, -0.2) is 38.7 Å². The van der Waals surface area contributed by atoms with Gasteiger partial charge in [0.25, 0.3) is 5.56 Å². The molecule has 3 heterocycles. The normalized spacial score (nSPS) is 19.7. The van der Waals surface area contributed by atoms with Crippen LogP contribution in [0.4, 0.5) is 5.82 Å². The molecule has 1 aliphatic heterocycles. The molecular weight excluding hydrogens is 344 g/mol. The van der Waals surface area contributed by atoms with Gasteiger partial charge in [-0.2, -0.15) is 5.10 Å². The van der Waals surface area contributed by atoms with Crippen molar-refractivity contribution in [1.29, 1.82) is 0 Å². The van der Waals surface area contributed by atoms with Gasteiger partial charge in [-0.3, -0.25) is 9.59 Å². The minimum absolute atomic E-state index is 0.0381. The van der Waals surface area contributed by atoms with Crippen LogP contribution in [-0.2, 0) is 18.4 Å². The van der Waals surface area contributed by atoms with Crippen molar-refractivity contribution in [1.82, 2.24) is 25.1 Å². The molecule has 8 nitrogen and oxygen atoms in total. The summed E-state index contributed by atoms with van der Waals surface area (Å²) in [6.07, 6.45) is 5.75. The molecule has 8 heteroatoms. The van der Waals surface area contributed by atoms with Gasteiger partial charge in [0.05, 0.1) is 18.2 Å². The second-order valence-corrected chi connectivity index (χ2v) is 7.36. The van der Waals surface area contributed by atoms with Gasteiger partial charge in [-0.1, -0.05) is 0 Å². The molecule has 1 saturated heterocycles. The zero-order valence-electron chi connectivity index (χ0n) is 15.5. The van der Waals surface area contributed by atoms with Crippen LogP contribution in [0.5, 0.6) is 0 Å². The highest BCUT2D eigenvalue weighted by Crippen LogP contribution is 2.38. The summed E-state index contributed by atoms with van der Waals surface area (Å²) in [5.74, 6) is 1.25. The van der Waals surface area contributed by atoms with Gasteiger partial charge in [0, 0.05) is 37.8 Å². The van der Waals surface area contributed by atoms with Gasteiger partial charge in [0.1, 0.15) is 12.1 Å². The van der Waals surface area contributed by atoms with Crippen molar-refractivity contribution >= 4 is 11.7 Å². The van der Waals surface area contributed by atoms with Crippen LogP contribution in [0.3, 0.4) is 0 Å². The van der Waals surface area contributed by atoms with Gasteiger partial charge in [-0.15, -0.1) is 0 Å². The first-order valence-electron chi connectivity index (χ1n) is 9.48. The summed E-state index contributed by atoms with van der Waals surface area (Å²) < 4.78 is 1.32. The fourth-order valence-electron chi connectivity index (χ4n) is 3.49. The number of nitrogens with zero attached hydrogens (tertiary/aromatic N) is 5. The lowest BCUT2D eigenvalue weighted by Gasteiger charge is -2.32. The van der Waals surface area contributed by atoms with E-state index in [9.17, 15) is 9.59 Å². The molecule has 1 atom stereocenters. The number of amides is 1. The van der Waals surface area contributed by atoms with E-state index >= 15 is 0 Å². The summed E-state index contributed by atoms with van der Waals surface area (Å²) in [6, 6.07) is 5.24. The lowest BCUT2D eigenvalue weighted by Crippen LogP contribution is -2.43. The Balaban J connectivity index is 1.36. The number of anilines is 1. The van der Waals surface area contributed by atoms with Gasteiger partial charge in [-0.05, 0) is 37.8 Å². The van der Waals surface area contributed by atoms with Crippen molar-refractivity contribution in [3.05, 3.63) is 46.3 Å². The van der Waals surface area contributed by atoms with Gasteiger partial charge >= 0.3 is 0 Å². The average Bonchev–Trinajstić information content (AvgIpc) is 3.54. The van der Waals surface area contributed by atoms with Gasteiger partial charge in [0.2, 0.25) is 5.91 Å². The molecule has 1 unspecified atom stereocenters. The number of hydrogen-bond acceptors (Lipinski definition) is 6. The quantitative estimate of drug-likeness (QED) is 0.846. The van der Waals surface area contributed by atoms with Gasteiger partial charge in [0.15, 0.2) is 0 Å². The van der Waals surface area contributed by atoms with E-state index < -0.39 is 0 Å². The molecule has 0 spiro atoms. The Morgan fingerprint density at radius 3 is 2.89 bits per heavy atom. The second-order valence-electron chi connectivity index (χ2n) is 7.36. The summed E-state index contributed by atoms with van der Waals surface area (Å²) in [4.78, 5) is 34.8. The van der Waals surface area contributed by atoms with Gasteiger partial charge < -0.3 is 10.2 Å². The minimum atomic E-state index is -0.138. The third-order valence-corrected chi connectivity index (χ3v) is 5.25. The maximum absolute atomic E-state index is 12.6. The highest BCUT2D eigenvalue weighted by Gasteiger charge is 2.27. The molecule has 1 N–H and O–H groups in total. The van der Waals surface area contributed by atoms with Crippen molar-refractivity contribution in [2.45, 2.75) is 38.1 Å². The fraction of sp³-hybridized carbons (Fsp3) is 0.526. The van der Waals surface area contributed by atoms with Crippen molar-refractivity contribution < 1.29 is 4.79 Å². The molecule has 142 valence electrons. The number of carbonyl (C=O) groups is 1. The summed E-state index contributed by atoms with van der Waals surface area (Å²) >= 11 is 0. The molecule has 0 radical (unpaired) electrons. The molecule has 2 aromatic heterocycles. The van der Waals surface area contributed by atoms with E-state index in [1.807, 2.05) is 6.07 Å². The molecule has 27 heavy (non-hydrogen) atoms. The number of hydrogen-bond donors (Lipinski definition) is 1. The maximum atomic E-state index is 12.6. The summed E-state index contributed by atoms with van der Waals surface area (Å²) in [5.41, 5.74) is 1.80. The molecule has 0 bridgehead atoms. The minimum Gasteiger partial charge on any atom is -0.354 e. The van der Waals surface area contributed by atoms with Crippen LogP contribution in [0.2, 0.25) is 0 Å². The Labute approximate surface area is 157 Å². The lowest BCUT2D eigenvalue weighted by molar-refractivity contribution is -0.125. The van der Waals surface area contributed by atoms with Crippen LogP contribution in [0.15, 0.2) is 29.3 Å². The van der Waals surface area contributed by atoms with Crippen LogP contribution >= 0.6 is 0 Å². The third kappa shape index (κ3) is 4.15. The monoisotopic (exact) mass is 368 g/mol. The summed E-state index contributed by atoms with van der Waals surface area (Å²) in [6.45, 7) is 1.87. The van der Waals surface area contributed by atoms with Gasteiger partial charge in [-0.25, -0.2) is 14.6 Å². The molecule has 2 aromatic rings. The first-order valence-corrected chi connectivity index (χ1v) is 9.48. The van der Waals surface area contributed by atoms with Crippen LogP contribution in [0.25, 0.3) is 0 Å². The summed E-state index contributed by atoms with van der Waals surface area (Å²) in [7, 11) is 1.64. The maximum Gasteiger partial charge on any atom is 0.266 e. The Bertz CT molecular complexity index is 892. The molecule has 1 aliphatic carbocycles. The molecule has 0 aromatic carbocycles. The highest BCUT2D eigenvalue weighted by molar-refractivity contribution is 5.79. The largest absolute Gasteiger partial charge is 0.354 e. The number of rotatable bonds is 5. The molecule has 4 rings (SSSR count). The Kier molecular flexibility index (Phi) is 4.87. The van der Waals surface area contributed by atoms with Crippen LogP contribution < -0.4 is 15.8 Å². The van der Waals surface area contributed by atoms with E-state index in [4.69, 9.17) is 0 Å². The predicted octanol–water partition coefficient (Wildman–Crippen LogP) is 0.980. The van der Waals surface area contributed by atoms with E-state index in [1.54, 1.807) is 19.4 Å². The molecular formula is C19H24N6O2. The summed E-state index contributed by atoms with van der Waals surface area (Å²) in [5, 5.41) is 7.31.